The number of anilines is 1. The van der Waals surface area contributed by atoms with Crippen LogP contribution in [0.4, 0.5) is 5.69 Å². The number of aliphatic hydroxyl groups is 1. The molecule has 5 heteroatoms. The minimum Gasteiger partial charge on any atom is -0.398 e. The number of nitrogens with one attached hydrogen (secondary N) is 1. The summed E-state index contributed by atoms with van der Waals surface area (Å²) in [5, 5.41) is 11.2. The van der Waals surface area contributed by atoms with Crippen LogP contribution >= 0.6 is 15.9 Å². The normalized spacial score (nSPS) is 10.0. The third-order valence-electron chi connectivity index (χ3n) is 1.88. The first-order valence-electron chi connectivity index (χ1n) is 4.59. The number of halogens is 1. The number of rotatable bonds is 4. The summed E-state index contributed by atoms with van der Waals surface area (Å²) < 4.78 is 0.840. The maximum absolute atomic E-state index is 11.6. The third-order valence-corrected chi connectivity index (χ3v) is 2.37. The van der Waals surface area contributed by atoms with E-state index in [9.17, 15) is 4.79 Å². The van der Waals surface area contributed by atoms with Gasteiger partial charge < -0.3 is 16.2 Å². The lowest BCUT2D eigenvalue weighted by Crippen LogP contribution is -2.25. The standard InChI is InChI=1S/C10H13BrN2O2/c11-7-2-3-8(9(12)6-7)10(15)13-4-1-5-14/h2-3,6,14H,1,4-5,12H2,(H,13,15). The van der Waals surface area contributed by atoms with Crippen molar-refractivity contribution in [1.29, 1.82) is 0 Å². The summed E-state index contributed by atoms with van der Waals surface area (Å²) in [5.74, 6) is -0.214. The predicted molar refractivity (Wildman–Crippen MR) is 62.6 cm³/mol. The van der Waals surface area contributed by atoms with Crippen molar-refractivity contribution in [2.24, 2.45) is 0 Å². The molecule has 4 N–H and O–H groups in total. The molecule has 0 atom stereocenters. The van der Waals surface area contributed by atoms with Crippen LogP contribution in [0.15, 0.2) is 22.7 Å². The van der Waals surface area contributed by atoms with E-state index in [1.807, 2.05) is 0 Å². The van der Waals surface area contributed by atoms with E-state index in [2.05, 4.69) is 21.2 Å². The van der Waals surface area contributed by atoms with Crippen LogP contribution < -0.4 is 11.1 Å². The second-order valence-corrected chi connectivity index (χ2v) is 3.98. The van der Waals surface area contributed by atoms with Crippen molar-refractivity contribution < 1.29 is 9.90 Å². The maximum atomic E-state index is 11.6. The zero-order chi connectivity index (χ0) is 11.3. The van der Waals surface area contributed by atoms with Gasteiger partial charge in [0.05, 0.1) is 5.56 Å². The van der Waals surface area contributed by atoms with Gasteiger partial charge in [0.25, 0.3) is 5.91 Å². The van der Waals surface area contributed by atoms with Gasteiger partial charge in [-0.15, -0.1) is 0 Å². The van der Waals surface area contributed by atoms with Crippen molar-refractivity contribution in [1.82, 2.24) is 5.32 Å². The Morgan fingerprint density at radius 1 is 1.53 bits per heavy atom. The second-order valence-electron chi connectivity index (χ2n) is 3.06. The van der Waals surface area contributed by atoms with Gasteiger partial charge in [0, 0.05) is 23.3 Å². The smallest absolute Gasteiger partial charge is 0.253 e. The third kappa shape index (κ3) is 3.53. The summed E-state index contributed by atoms with van der Waals surface area (Å²) >= 11 is 3.26. The number of hydrogen-bond donors (Lipinski definition) is 3. The van der Waals surface area contributed by atoms with Gasteiger partial charge in [-0.1, -0.05) is 15.9 Å². The Morgan fingerprint density at radius 2 is 2.27 bits per heavy atom. The molecular weight excluding hydrogens is 260 g/mol. The number of nitrogens with two attached hydrogens (primary N) is 1. The first-order valence-corrected chi connectivity index (χ1v) is 5.38. The highest BCUT2D eigenvalue weighted by molar-refractivity contribution is 9.10. The van der Waals surface area contributed by atoms with Crippen molar-refractivity contribution in [2.45, 2.75) is 6.42 Å². The van der Waals surface area contributed by atoms with Gasteiger partial charge in [-0.3, -0.25) is 4.79 Å². The first kappa shape index (κ1) is 12.0. The summed E-state index contributed by atoms with van der Waals surface area (Å²) in [7, 11) is 0. The molecule has 0 heterocycles. The first-order chi connectivity index (χ1) is 7.15. The van der Waals surface area contributed by atoms with Crippen LogP contribution in [-0.2, 0) is 0 Å². The van der Waals surface area contributed by atoms with E-state index in [1.165, 1.54) is 0 Å². The molecule has 0 spiro atoms. The average Bonchev–Trinajstić information content (AvgIpc) is 2.17. The van der Waals surface area contributed by atoms with E-state index >= 15 is 0 Å². The zero-order valence-corrected chi connectivity index (χ0v) is 9.75. The molecule has 0 fully saturated rings. The molecule has 0 aliphatic carbocycles. The topological polar surface area (TPSA) is 75.4 Å². The van der Waals surface area contributed by atoms with E-state index in [0.717, 1.165) is 4.47 Å². The molecule has 0 saturated carbocycles. The number of carbonyl (C=O) groups excluding carboxylic acids is 1. The molecule has 0 unspecified atom stereocenters. The van der Waals surface area contributed by atoms with Crippen molar-refractivity contribution >= 4 is 27.5 Å². The molecule has 0 aromatic heterocycles. The number of benzene rings is 1. The molecule has 0 aliphatic rings. The molecular formula is C10H13BrN2O2. The van der Waals surface area contributed by atoms with Crippen molar-refractivity contribution in [3.05, 3.63) is 28.2 Å². The van der Waals surface area contributed by atoms with E-state index < -0.39 is 0 Å². The molecule has 15 heavy (non-hydrogen) atoms. The Bertz CT molecular complexity index is 355. The Hall–Kier alpha value is -1.07. The monoisotopic (exact) mass is 272 g/mol. The van der Waals surface area contributed by atoms with Crippen LogP contribution in [0.2, 0.25) is 0 Å². The number of hydrogen-bond acceptors (Lipinski definition) is 3. The molecule has 0 radical (unpaired) electrons. The Morgan fingerprint density at radius 3 is 2.87 bits per heavy atom. The molecule has 1 aromatic rings. The SMILES string of the molecule is Nc1cc(Br)ccc1C(=O)NCCCO. The fraction of sp³-hybridized carbons (Fsp3) is 0.300. The van der Waals surface area contributed by atoms with Crippen molar-refractivity contribution in [2.75, 3.05) is 18.9 Å². The molecule has 0 bridgehead atoms. The highest BCUT2D eigenvalue weighted by atomic mass is 79.9. The largest absolute Gasteiger partial charge is 0.398 e. The lowest BCUT2D eigenvalue weighted by Gasteiger charge is -2.06. The number of nitrogen functional groups attached to an aromatic ring is 1. The number of amides is 1. The van der Waals surface area contributed by atoms with Crippen LogP contribution in [0.1, 0.15) is 16.8 Å². The molecule has 1 rings (SSSR count). The van der Waals surface area contributed by atoms with Gasteiger partial charge in [-0.05, 0) is 24.6 Å². The van der Waals surface area contributed by atoms with E-state index in [1.54, 1.807) is 18.2 Å². The summed E-state index contributed by atoms with van der Waals surface area (Å²) in [6.45, 7) is 0.515. The van der Waals surface area contributed by atoms with E-state index in [0.29, 0.717) is 24.2 Å². The highest BCUT2D eigenvalue weighted by Crippen LogP contribution is 2.18. The summed E-state index contributed by atoms with van der Waals surface area (Å²) in [6.07, 6.45) is 0.544. The van der Waals surface area contributed by atoms with Crippen molar-refractivity contribution in [3.8, 4) is 0 Å². The van der Waals surface area contributed by atoms with Crippen LogP contribution in [-0.4, -0.2) is 24.2 Å². The predicted octanol–water partition coefficient (Wildman–Crippen LogP) is 1.14. The molecule has 1 aromatic carbocycles. The summed E-state index contributed by atoms with van der Waals surface area (Å²) in [4.78, 5) is 11.6. The Labute approximate surface area is 96.6 Å². The maximum Gasteiger partial charge on any atom is 0.253 e. The lowest BCUT2D eigenvalue weighted by atomic mass is 10.1. The summed E-state index contributed by atoms with van der Waals surface area (Å²) in [6, 6.07) is 5.10. The lowest BCUT2D eigenvalue weighted by molar-refractivity contribution is 0.0952. The van der Waals surface area contributed by atoms with Crippen LogP contribution in [0.5, 0.6) is 0 Å². The fourth-order valence-corrected chi connectivity index (χ4v) is 1.50. The van der Waals surface area contributed by atoms with Gasteiger partial charge in [0.1, 0.15) is 0 Å². The molecule has 0 saturated heterocycles. The van der Waals surface area contributed by atoms with Gasteiger partial charge in [0.2, 0.25) is 0 Å². The fourth-order valence-electron chi connectivity index (χ4n) is 1.12. The van der Waals surface area contributed by atoms with Gasteiger partial charge in [-0.2, -0.15) is 0 Å². The van der Waals surface area contributed by atoms with Gasteiger partial charge in [-0.25, -0.2) is 0 Å². The molecule has 1 amide bonds. The summed E-state index contributed by atoms with van der Waals surface area (Å²) in [5.41, 5.74) is 6.58. The number of carbonyl (C=O) groups is 1. The molecule has 82 valence electrons. The minimum absolute atomic E-state index is 0.0656. The Kier molecular flexibility index (Phi) is 4.58. The zero-order valence-electron chi connectivity index (χ0n) is 8.16. The number of aliphatic hydroxyl groups excluding tert-OH is 1. The van der Waals surface area contributed by atoms with Crippen molar-refractivity contribution in [3.63, 3.8) is 0 Å². The highest BCUT2D eigenvalue weighted by Gasteiger charge is 2.08. The quantitative estimate of drug-likeness (QED) is 0.569. The Balaban J connectivity index is 2.65. The van der Waals surface area contributed by atoms with Crippen LogP contribution in [0.3, 0.4) is 0 Å². The average molecular weight is 273 g/mol. The molecule has 4 nitrogen and oxygen atoms in total. The van der Waals surface area contributed by atoms with E-state index in [-0.39, 0.29) is 12.5 Å². The minimum atomic E-state index is -0.214. The van der Waals surface area contributed by atoms with Crippen LogP contribution in [0.25, 0.3) is 0 Å². The van der Waals surface area contributed by atoms with Crippen LogP contribution in [0, 0.1) is 0 Å². The molecule has 0 aliphatic heterocycles. The van der Waals surface area contributed by atoms with Gasteiger partial charge >= 0.3 is 0 Å². The second kappa shape index (κ2) is 5.72. The van der Waals surface area contributed by atoms with E-state index in [4.69, 9.17) is 10.8 Å². The van der Waals surface area contributed by atoms with Gasteiger partial charge in [0.15, 0.2) is 0 Å².